The van der Waals surface area contributed by atoms with Crippen molar-refractivity contribution < 1.29 is 19.5 Å². The first-order valence-electron chi connectivity index (χ1n) is 6.50. The summed E-state index contributed by atoms with van der Waals surface area (Å²) in [5.41, 5.74) is -0.114. The quantitative estimate of drug-likeness (QED) is 0.772. The van der Waals surface area contributed by atoms with Gasteiger partial charge in [-0.25, -0.2) is 0 Å². The topological polar surface area (TPSA) is 74.7 Å². The van der Waals surface area contributed by atoms with Crippen LogP contribution in [-0.4, -0.2) is 34.3 Å². The number of likely N-dealkylation sites (tertiary alicyclic amines) is 1. The Balaban J connectivity index is 2.05. The fourth-order valence-corrected chi connectivity index (χ4v) is 3.07. The molecule has 0 aromatic rings. The summed E-state index contributed by atoms with van der Waals surface area (Å²) < 4.78 is 0. The third-order valence-electron chi connectivity index (χ3n) is 4.20. The van der Waals surface area contributed by atoms with Gasteiger partial charge < -0.3 is 5.11 Å². The van der Waals surface area contributed by atoms with E-state index in [0.29, 0.717) is 12.8 Å². The highest BCUT2D eigenvalue weighted by molar-refractivity contribution is 5.99. The monoisotopic (exact) mass is 253 g/mol. The van der Waals surface area contributed by atoms with E-state index in [1.807, 2.05) is 0 Å². The zero-order chi connectivity index (χ0) is 13.3. The van der Waals surface area contributed by atoms with Gasteiger partial charge in [0.05, 0.1) is 5.92 Å². The van der Waals surface area contributed by atoms with Gasteiger partial charge in [-0.15, -0.1) is 0 Å². The molecule has 1 heterocycles. The van der Waals surface area contributed by atoms with Gasteiger partial charge in [0.2, 0.25) is 11.8 Å². The molecule has 1 aliphatic carbocycles. The first-order valence-corrected chi connectivity index (χ1v) is 6.50. The zero-order valence-electron chi connectivity index (χ0n) is 10.6. The van der Waals surface area contributed by atoms with Gasteiger partial charge in [0.15, 0.2) is 0 Å². The Labute approximate surface area is 106 Å². The summed E-state index contributed by atoms with van der Waals surface area (Å²) in [7, 11) is 0. The summed E-state index contributed by atoms with van der Waals surface area (Å²) in [4.78, 5) is 36.0. The van der Waals surface area contributed by atoms with Crippen LogP contribution in [0.5, 0.6) is 0 Å². The second kappa shape index (κ2) is 4.71. The summed E-state index contributed by atoms with van der Waals surface area (Å²) in [6, 6.07) is 0. The average Bonchev–Trinajstić information content (AvgIpc) is 2.71. The third-order valence-corrected chi connectivity index (χ3v) is 4.20. The normalized spacial score (nSPS) is 24.6. The number of rotatable bonds is 3. The molecule has 1 N–H and O–H groups in total. The number of hydrogen-bond acceptors (Lipinski definition) is 3. The highest BCUT2D eigenvalue weighted by atomic mass is 16.4. The molecule has 1 aliphatic heterocycles. The predicted octanol–water partition coefficient (Wildman–Crippen LogP) is 1.42. The minimum absolute atomic E-state index is 0.00306. The Hall–Kier alpha value is -1.39. The maximum atomic E-state index is 12.0. The largest absolute Gasteiger partial charge is 0.481 e. The lowest BCUT2D eigenvalue weighted by Gasteiger charge is -2.37. The highest BCUT2D eigenvalue weighted by Gasteiger charge is 2.45. The van der Waals surface area contributed by atoms with E-state index in [1.165, 1.54) is 6.92 Å². The van der Waals surface area contributed by atoms with Crippen molar-refractivity contribution in [1.82, 2.24) is 4.90 Å². The van der Waals surface area contributed by atoms with Gasteiger partial charge >= 0.3 is 5.97 Å². The van der Waals surface area contributed by atoms with Crippen molar-refractivity contribution in [3.8, 4) is 0 Å². The first-order chi connectivity index (χ1) is 8.43. The summed E-state index contributed by atoms with van der Waals surface area (Å²) in [6.07, 6.45) is 4.90. The Morgan fingerprint density at radius 3 is 2.22 bits per heavy atom. The van der Waals surface area contributed by atoms with Crippen molar-refractivity contribution in [3.63, 3.8) is 0 Å². The van der Waals surface area contributed by atoms with Crippen LogP contribution in [-0.2, 0) is 14.4 Å². The van der Waals surface area contributed by atoms with E-state index in [4.69, 9.17) is 5.11 Å². The van der Waals surface area contributed by atoms with Gasteiger partial charge in [-0.05, 0) is 18.3 Å². The molecule has 2 fully saturated rings. The second-order valence-corrected chi connectivity index (χ2v) is 5.70. The first kappa shape index (κ1) is 13.1. The minimum atomic E-state index is -0.975. The van der Waals surface area contributed by atoms with Gasteiger partial charge in [0.25, 0.3) is 0 Å². The van der Waals surface area contributed by atoms with Crippen LogP contribution < -0.4 is 0 Å². The number of carbonyl (C=O) groups is 3. The van der Waals surface area contributed by atoms with E-state index in [0.717, 1.165) is 30.6 Å². The molecular weight excluding hydrogens is 234 g/mol. The van der Waals surface area contributed by atoms with E-state index >= 15 is 0 Å². The third kappa shape index (κ3) is 2.40. The van der Waals surface area contributed by atoms with Crippen molar-refractivity contribution in [3.05, 3.63) is 0 Å². The van der Waals surface area contributed by atoms with Crippen molar-refractivity contribution >= 4 is 17.8 Å². The highest BCUT2D eigenvalue weighted by Crippen LogP contribution is 2.46. The summed E-state index contributed by atoms with van der Waals surface area (Å²) in [5, 5.41) is 8.84. The zero-order valence-corrected chi connectivity index (χ0v) is 10.6. The van der Waals surface area contributed by atoms with Crippen molar-refractivity contribution in [2.24, 2.45) is 11.3 Å². The molecule has 2 aliphatic rings. The lowest BCUT2D eigenvalue weighted by Crippen LogP contribution is -2.49. The Bertz CT molecular complexity index is 364. The number of imide groups is 1. The molecule has 0 bridgehead atoms. The van der Waals surface area contributed by atoms with E-state index in [-0.39, 0.29) is 23.8 Å². The fourth-order valence-electron chi connectivity index (χ4n) is 3.07. The number of carboxylic acids is 1. The lowest BCUT2D eigenvalue weighted by molar-refractivity contribution is -0.155. The van der Waals surface area contributed by atoms with Gasteiger partial charge in [-0.2, -0.15) is 0 Å². The molecule has 0 aromatic carbocycles. The Morgan fingerprint density at radius 1 is 1.28 bits per heavy atom. The van der Waals surface area contributed by atoms with Crippen molar-refractivity contribution in [2.75, 3.05) is 6.54 Å². The van der Waals surface area contributed by atoms with Gasteiger partial charge in [0.1, 0.15) is 0 Å². The number of carboxylic acid groups (broad SMARTS) is 1. The van der Waals surface area contributed by atoms with Crippen molar-refractivity contribution in [2.45, 2.75) is 45.4 Å². The van der Waals surface area contributed by atoms with Crippen LogP contribution in [0.2, 0.25) is 0 Å². The number of carbonyl (C=O) groups excluding carboxylic acids is 2. The fraction of sp³-hybridized carbons (Fsp3) is 0.769. The Kier molecular flexibility index (Phi) is 3.41. The van der Waals surface area contributed by atoms with Crippen LogP contribution in [0.3, 0.4) is 0 Å². The molecule has 18 heavy (non-hydrogen) atoms. The number of nitrogens with zero attached hydrogens (tertiary/aromatic N) is 1. The number of amides is 2. The smallest absolute Gasteiger partial charge is 0.308 e. The molecule has 0 aromatic heterocycles. The van der Waals surface area contributed by atoms with Crippen LogP contribution in [0, 0.1) is 11.3 Å². The van der Waals surface area contributed by atoms with Gasteiger partial charge in [-0.3, -0.25) is 19.3 Å². The maximum absolute atomic E-state index is 12.0. The maximum Gasteiger partial charge on any atom is 0.308 e. The molecule has 2 rings (SSSR count). The summed E-state index contributed by atoms with van der Waals surface area (Å²) in [6.45, 7) is 1.52. The number of aliphatic carboxylic acids is 1. The molecule has 5 heteroatoms. The molecule has 0 radical (unpaired) electrons. The second-order valence-electron chi connectivity index (χ2n) is 5.70. The number of piperidine rings is 1. The van der Waals surface area contributed by atoms with Crippen LogP contribution in [0.25, 0.3) is 0 Å². The van der Waals surface area contributed by atoms with Crippen LogP contribution >= 0.6 is 0 Å². The molecule has 2 amide bonds. The Morgan fingerprint density at radius 2 is 1.78 bits per heavy atom. The summed E-state index contributed by atoms with van der Waals surface area (Å²) >= 11 is 0. The predicted molar refractivity (Wildman–Crippen MR) is 63.7 cm³/mol. The number of hydrogen-bond donors (Lipinski definition) is 1. The van der Waals surface area contributed by atoms with Gasteiger partial charge in [-0.1, -0.05) is 19.8 Å². The average molecular weight is 253 g/mol. The molecule has 1 saturated carbocycles. The molecule has 5 nitrogen and oxygen atoms in total. The lowest BCUT2D eigenvalue weighted by atomic mass is 9.76. The van der Waals surface area contributed by atoms with Gasteiger partial charge in [0, 0.05) is 19.4 Å². The minimum Gasteiger partial charge on any atom is -0.481 e. The van der Waals surface area contributed by atoms with E-state index in [9.17, 15) is 14.4 Å². The molecule has 1 spiro atoms. The van der Waals surface area contributed by atoms with Crippen LogP contribution in [0.4, 0.5) is 0 Å². The molecule has 1 saturated heterocycles. The molecular formula is C13H19NO4. The van der Waals surface area contributed by atoms with E-state index < -0.39 is 11.9 Å². The van der Waals surface area contributed by atoms with Crippen LogP contribution in [0.1, 0.15) is 45.4 Å². The van der Waals surface area contributed by atoms with E-state index in [1.54, 1.807) is 0 Å². The van der Waals surface area contributed by atoms with E-state index in [2.05, 4.69) is 0 Å². The SMILES string of the molecule is CC(CN1C(=O)CC2(CCCC2)CC1=O)C(=O)O. The molecule has 100 valence electrons. The standard InChI is InChI=1S/C13H19NO4/c1-9(12(17)18)8-14-10(15)6-13(7-11(14)16)4-2-3-5-13/h9H,2-8H2,1H3,(H,17,18). The summed E-state index contributed by atoms with van der Waals surface area (Å²) in [5.74, 6) is -2.06. The molecule has 1 unspecified atom stereocenters. The van der Waals surface area contributed by atoms with Crippen molar-refractivity contribution in [1.29, 1.82) is 0 Å². The van der Waals surface area contributed by atoms with Crippen LogP contribution in [0.15, 0.2) is 0 Å². The molecule has 1 atom stereocenters.